The third-order valence-electron chi connectivity index (χ3n) is 3.42. The van der Waals surface area contributed by atoms with Crippen molar-refractivity contribution in [1.29, 1.82) is 0 Å². The third kappa shape index (κ3) is 3.58. The number of hydrogen-bond donors (Lipinski definition) is 1. The number of hydroxylamine groups is 2. The van der Waals surface area contributed by atoms with E-state index in [4.69, 9.17) is 0 Å². The number of hydrogen-bond acceptors (Lipinski definition) is 4. The molecule has 1 aliphatic heterocycles. The average molecular weight is 266 g/mol. The lowest BCUT2D eigenvalue weighted by Gasteiger charge is -2.16. The quantitative estimate of drug-likeness (QED) is 0.833. The molecule has 104 valence electrons. The summed E-state index contributed by atoms with van der Waals surface area (Å²) in [7, 11) is 0. The molecule has 18 heavy (non-hydrogen) atoms. The first-order valence-electron chi connectivity index (χ1n) is 6.13. The van der Waals surface area contributed by atoms with Crippen LogP contribution in [0.2, 0.25) is 0 Å². The van der Waals surface area contributed by atoms with E-state index in [1.807, 2.05) is 6.92 Å². The average Bonchev–Trinajstić information content (AvgIpc) is 3.00. The lowest BCUT2D eigenvalue weighted by atomic mass is 9.98. The molecule has 0 aromatic rings. The Morgan fingerprint density at radius 2 is 2.06 bits per heavy atom. The summed E-state index contributed by atoms with van der Waals surface area (Å²) in [5, 5.41) is 4.47. The van der Waals surface area contributed by atoms with Crippen LogP contribution in [0.25, 0.3) is 0 Å². The highest BCUT2D eigenvalue weighted by Gasteiger charge is 2.44. The van der Waals surface area contributed by atoms with Gasteiger partial charge in [0.2, 0.25) is 0 Å². The monoisotopic (exact) mass is 266 g/mol. The Hall–Kier alpha value is -0.820. The van der Waals surface area contributed by atoms with E-state index in [1.54, 1.807) is 0 Å². The van der Waals surface area contributed by atoms with E-state index >= 15 is 0 Å². The van der Waals surface area contributed by atoms with Gasteiger partial charge in [0.1, 0.15) is 0 Å². The van der Waals surface area contributed by atoms with Crippen molar-refractivity contribution in [1.82, 2.24) is 10.4 Å². The van der Waals surface area contributed by atoms with Crippen molar-refractivity contribution in [3.05, 3.63) is 0 Å². The Labute approximate surface area is 103 Å². The molecule has 2 fully saturated rings. The number of alkyl halides is 3. The first-order valence-corrected chi connectivity index (χ1v) is 6.13. The topological polar surface area (TPSA) is 41.6 Å². The predicted molar refractivity (Wildman–Crippen MR) is 57.4 cm³/mol. The molecule has 0 unspecified atom stereocenters. The molecule has 2 rings (SSSR count). The second-order valence-corrected chi connectivity index (χ2v) is 5.14. The van der Waals surface area contributed by atoms with Crippen molar-refractivity contribution < 1.29 is 22.8 Å². The van der Waals surface area contributed by atoms with Crippen LogP contribution >= 0.6 is 0 Å². The summed E-state index contributed by atoms with van der Waals surface area (Å²) in [6.07, 6.45) is -2.57. The first kappa shape index (κ1) is 13.6. The summed E-state index contributed by atoms with van der Waals surface area (Å²) in [5.74, 6) is -1.69. The molecule has 1 N–H and O–H groups in total. The number of halogens is 3. The molecular formula is C11H17F3N2O2. The maximum Gasteiger partial charge on any atom is 0.492 e. The Balaban J connectivity index is 1.76. The predicted octanol–water partition coefficient (Wildman–Crippen LogP) is 1.33. The first-order chi connectivity index (χ1) is 8.36. The van der Waals surface area contributed by atoms with E-state index in [0.29, 0.717) is 19.1 Å². The second kappa shape index (κ2) is 5.05. The molecule has 0 aromatic heterocycles. The molecular weight excluding hydrogens is 249 g/mol. The maximum absolute atomic E-state index is 12.0. The fourth-order valence-electron chi connectivity index (χ4n) is 2.10. The highest BCUT2D eigenvalue weighted by Crippen LogP contribution is 2.26. The van der Waals surface area contributed by atoms with Crippen molar-refractivity contribution in [3.8, 4) is 0 Å². The van der Waals surface area contributed by atoms with Crippen molar-refractivity contribution in [2.75, 3.05) is 19.6 Å². The van der Waals surface area contributed by atoms with Gasteiger partial charge in [0, 0.05) is 19.1 Å². The zero-order valence-electron chi connectivity index (χ0n) is 10.2. The third-order valence-corrected chi connectivity index (χ3v) is 3.42. The van der Waals surface area contributed by atoms with Crippen LogP contribution in [-0.4, -0.2) is 42.9 Å². The highest BCUT2D eigenvalue weighted by atomic mass is 19.4. The van der Waals surface area contributed by atoms with Crippen LogP contribution in [0.5, 0.6) is 0 Å². The summed E-state index contributed by atoms with van der Waals surface area (Å²) in [6.45, 7) is 3.45. The normalized spacial score (nSPS) is 29.6. The van der Waals surface area contributed by atoms with Gasteiger partial charge in [-0.25, -0.2) is 4.79 Å². The lowest BCUT2D eigenvalue weighted by Crippen LogP contribution is -2.34. The molecule has 1 saturated carbocycles. The fraction of sp³-hybridized carbons (Fsp3) is 0.909. The number of nitrogens with one attached hydrogen (secondary N) is 1. The van der Waals surface area contributed by atoms with E-state index < -0.39 is 12.1 Å². The minimum atomic E-state index is -4.92. The Kier molecular flexibility index (Phi) is 3.82. The standard InChI is InChI=1S/C11H17F3N2O2/c1-7-5-16(18-10(17)11(12,13)14)6-8(7)4-15-9-2-3-9/h7-9,15H,2-6H2,1H3/t7-,8+/m0/s1. The summed E-state index contributed by atoms with van der Waals surface area (Å²) in [4.78, 5) is 15.0. The lowest BCUT2D eigenvalue weighted by molar-refractivity contribution is -0.235. The number of carbonyl (C=O) groups is 1. The molecule has 7 heteroatoms. The van der Waals surface area contributed by atoms with E-state index in [-0.39, 0.29) is 11.8 Å². The smallest absolute Gasteiger partial charge is 0.361 e. The largest absolute Gasteiger partial charge is 0.492 e. The molecule has 4 nitrogen and oxygen atoms in total. The van der Waals surface area contributed by atoms with Gasteiger partial charge >= 0.3 is 12.1 Å². The van der Waals surface area contributed by atoms with Gasteiger partial charge in [-0.05, 0) is 31.2 Å². The second-order valence-electron chi connectivity index (χ2n) is 5.14. The van der Waals surface area contributed by atoms with E-state index in [2.05, 4.69) is 10.2 Å². The zero-order valence-corrected chi connectivity index (χ0v) is 10.2. The Morgan fingerprint density at radius 1 is 1.39 bits per heavy atom. The minimum Gasteiger partial charge on any atom is -0.361 e. The van der Waals surface area contributed by atoms with Gasteiger partial charge in [0.15, 0.2) is 0 Å². The summed E-state index contributed by atoms with van der Waals surface area (Å²) in [6, 6.07) is 0.573. The van der Waals surface area contributed by atoms with Crippen LogP contribution in [0.4, 0.5) is 13.2 Å². The SMILES string of the molecule is C[C@H]1CN(OC(=O)C(F)(F)F)C[C@H]1CNC1CC1. The molecule has 2 aliphatic rings. The van der Waals surface area contributed by atoms with Crippen LogP contribution in [-0.2, 0) is 9.63 Å². The van der Waals surface area contributed by atoms with E-state index in [9.17, 15) is 18.0 Å². The van der Waals surface area contributed by atoms with Gasteiger partial charge < -0.3 is 10.2 Å². The summed E-state index contributed by atoms with van der Waals surface area (Å²) < 4.78 is 36.1. The minimum absolute atomic E-state index is 0.220. The number of carbonyl (C=O) groups excluding carboxylic acids is 1. The van der Waals surface area contributed by atoms with Gasteiger partial charge in [-0.2, -0.15) is 13.2 Å². The zero-order chi connectivity index (χ0) is 13.3. The van der Waals surface area contributed by atoms with Crippen molar-refractivity contribution in [2.45, 2.75) is 32.0 Å². The molecule has 0 spiro atoms. The molecule has 0 aromatic carbocycles. The Bertz CT molecular complexity index is 318. The summed E-state index contributed by atoms with van der Waals surface area (Å²) in [5.41, 5.74) is 0. The molecule has 0 amide bonds. The van der Waals surface area contributed by atoms with Crippen LogP contribution < -0.4 is 5.32 Å². The van der Waals surface area contributed by atoms with Gasteiger partial charge in [0.05, 0.1) is 0 Å². The van der Waals surface area contributed by atoms with Crippen LogP contribution in [0, 0.1) is 11.8 Å². The molecule has 1 heterocycles. The molecule has 1 aliphatic carbocycles. The van der Waals surface area contributed by atoms with Gasteiger partial charge in [0.25, 0.3) is 0 Å². The van der Waals surface area contributed by atoms with Crippen LogP contribution in [0.1, 0.15) is 19.8 Å². The Morgan fingerprint density at radius 3 is 2.61 bits per heavy atom. The molecule has 0 bridgehead atoms. The number of nitrogens with zero attached hydrogens (tertiary/aromatic N) is 1. The van der Waals surface area contributed by atoms with E-state index in [0.717, 1.165) is 11.6 Å². The van der Waals surface area contributed by atoms with Crippen molar-refractivity contribution in [2.24, 2.45) is 11.8 Å². The van der Waals surface area contributed by atoms with Crippen molar-refractivity contribution >= 4 is 5.97 Å². The molecule has 2 atom stereocenters. The molecule has 0 radical (unpaired) electrons. The van der Waals surface area contributed by atoms with E-state index in [1.165, 1.54) is 12.8 Å². The fourth-order valence-corrected chi connectivity index (χ4v) is 2.10. The maximum atomic E-state index is 12.0. The molecule has 1 saturated heterocycles. The summed E-state index contributed by atoms with van der Waals surface area (Å²) >= 11 is 0. The van der Waals surface area contributed by atoms with Crippen molar-refractivity contribution in [3.63, 3.8) is 0 Å². The van der Waals surface area contributed by atoms with Crippen LogP contribution in [0.3, 0.4) is 0 Å². The highest BCUT2D eigenvalue weighted by molar-refractivity contribution is 5.75. The van der Waals surface area contributed by atoms with Crippen LogP contribution in [0.15, 0.2) is 0 Å². The van der Waals surface area contributed by atoms with Gasteiger partial charge in [-0.3, -0.25) is 0 Å². The van der Waals surface area contributed by atoms with Gasteiger partial charge in [-0.1, -0.05) is 6.92 Å². The van der Waals surface area contributed by atoms with Gasteiger partial charge in [-0.15, -0.1) is 5.06 Å². The number of rotatable bonds is 4.